The van der Waals surface area contributed by atoms with Gasteiger partial charge in [0.25, 0.3) is 0 Å². The number of urea groups is 1. The van der Waals surface area contributed by atoms with Gasteiger partial charge in [0.15, 0.2) is 0 Å². The number of likely N-dealkylation sites (tertiary alicyclic amines) is 1. The van der Waals surface area contributed by atoms with Gasteiger partial charge in [0.2, 0.25) is 5.91 Å². The zero-order chi connectivity index (χ0) is 14.5. The van der Waals surface area contributed by atoms with Crippen LogP contribution >= 0.6 is 0 Å². The third-order valence-corrected chi connectivity index (χ3v) is 4.12. The Balaban J connectivity index is 1.78. The van der Waals surface area contributed by atoms with Gasteiger partial charge in [-0.15, -0.1) is 0 Å². The van der Waals surface area contributed by atoms with Crippen LogP contribution in [0.2, 0.25) is 0 Å². The zero-order valence-electron chi connectivity index (χ0n) is 12.4. The molecule has 3 atom stereocenters. The Morgan fingerprint density at radius 2 is 2.20 bits per heavy atom. The van der Waals surface area contributed by atoms with Crippen LogP contribution in [0.3, 0.4) is 0 Å². The van der Waals surface area contributed by atoms with Gasteiger partial charge in [-0.1, -0.05) is 6.92 Å². The van der Waals surface area contributed by atoms with E-state index in [0.717, 1.165) is 38.6 Å². The Bertz CT molecular complexity index is 362. The molecule has 114 valence electrons. The average Bonchev–Trinajstić information content (AvgIpc) is 2.44. The van der Waals surface area contributed by atoms with Crippen LogP contribution in [0.15, 0.2) is 0 Å². The smallest absolute Gasteiger partial charge is 0.315 e. The van der Waals surface area contributed by atoms with Crippen molar-refractivity contribution in [3.05, 3.63) is 0 Å². The van der Waals surface area contributed by atoms with E-state index in [0.29, 0.717) is 6.61 Å². The number of hydrogen-bond acceptors (Lipinski definition) is 3. The standard InChI is InChI=1S/C14H25N3O3/c1-3-11-9-10(6-8-20-11)15-14(19)16-12-5-4-7-17(2)13(12)18/h10-12H,3-9H2,1-2H3,(H2,15,16,19). The van der Waals surface area contributed by atoms with Crippen LogP contribution in [-0.4, -0.2) is 55.2 Å². The summed E-state index contributed by atoms with van der Waals surface area (Å²) >= 11 is 0. The summed E-state index contributed by atoms with van der Waals surface area (Å²) in [4.78, 5) is 25.6. The van der Waals surface area contributed by atoms with Crippen molar-refractivity contribution in [1.29, 1.82) is 0 Å². The van der Waals surface area contributed by atoms with Crippen molar-refractivity contribution in [1.82, 2.24) is 15.5 Å². The molecule has 20 heavy (non-hydrogen) atoms. The van der Waals surface area contributed by atoms with E-state index in [4.69, 9.17) is 4.74 Å². The highest BCUT2D eigenvalue weighted by Gasteiger charge is 2.29. The quantitative estimate of drug-likeness (QED) is 0.807. The lowest BCUT2D eigenvalue weighted by atomic mass is 10.0. The van der Waals surface area contributed by atoms with Crippen LogP contribution in [0.5, 0.6) is 0 Å². The fourth-order valence-corrected chi connectivity index (χ4v) is 2.85. The number of hydrogen-bond donors (Lipinski definition) is 2. The first-order valence-electron chi connectivity index (χ1n) is 7.53. The molecule has 0 aromatic rings. The number of carbonyl (C=O) groups is 2. The Hall–Kier alpha value is -1.30. The molecule has 0 bridgehead atoms. The van der Waals surface area contributed by atoms with Gasteiger partial charge in [-0.2, -0.15) is 0 Å². The molecule has 2 aliphatic rings. The van der Waals surface area contributed by atoms with E-state index >= 15 is 0 Å². The molecule has 3 amide bonds. The van der Waals surface area contributed by atoms with Gasteiger partial charge < -0.3 is 20.3 Å². The molecule has 2 aliphatic heterocycles. The van der Waals surface area contributed by atoms with Crippen LogP contribution in [0, 0.1) is 0 Å². The molecular weight excluding hydrogens is 258 g/mol. The Kier molecular flexibility index (Phi) is 5.23. The molecule has 6 nitrogen and oxygen atoms in total. The van der Waals surface area contributed by atoms with Crippen LogP contribution < -0.4 is 10.6 Å². The van der Waals surface area contributed by atoms with Crippen molar-refractivity contribution in [3.8, 4) is 0 Å². The summed E-state index contributed by atoms with van der Waals surface area (Å²) in [6.45, 7) is 3.55. The molecule has 0 radical (unpaired) electrons. The van der Waals surface area contributed by atoms with Gasteiger partial charge in [0, 0.05) is 26.2 Å². The van der Waals surface area contributed by atoms with Gasteiger partial charge in [0.1, 0.15) is 6.04 Å². The second-order valence-electron chi connectivity index (χ2n) is 5.69. The first kappa shape index (κ1) is 15.1. The van der Waals surface area contributed by atoms with Crippen LogP contribution in [0.25, 0.3) is 0 Å². The zero-order valence-corrected chi connectivity index (χ0v) is 12.4. The lowest BCUT2D eigenvalue weighted by Gasteiger charge is -2.32. The molecule has 0 saturated carbocycles. The molecule has 2 heterocycles. The lowest BCUT2D eigenvalue weighted by molar-refractivity contribution is -0.134. The van der Waals surface area contributed by atoms with Crippen molar-refractivity contribution in [2.75, 3.05) is 20.2 Å². The Labute approximate surface area is 120 Å². The summed E-state index contributed by atoms with van der Waals surface area (Å²) in [6, 6.07) is -0.471. The number of rotatable bonds is 3. The summed E-state index contributed by atoms with van der Waals surface area (Å²) in [5, 5.41) is 5.76. The first-order valence-corrected chi connectivity index (χ1v) is 7.53. The molecule has 0 aromatic carbocycles. The fourth-order valence-electron chi connectivity index (χ4n) is 2.85. The highest BCUT2D eigenvalue weighted by molar-refractivity contribution is 5.87. The number of ether oxygens (including phenoxy) is 1. The highest BCUT2D eigenvalue weighted by atomic mass is 16.5. The molecule has 6 heteroatoms. The second kappa shape index (κ2) is 6.92. The number of likely N-dealkylation sites (N-methyl/N-ethyl adjacent to an activating group) is 1. The Morgan fingerprint density at radius 3 is 2.95 bits per heavy atom. The molecule has 2 N–H and O–H groups in total. The first-order chi connectivity index (χ1) is 9.60. The SMILES string of the molecule is CCC1CC(NC(=O)NC2CCCN(C)C2=O)CCO1. The monoisotopic (exact) mass is 283 g/mol. The van der Waals surface area contributed by atoms with Gasteiger partial charge in [0.05, 0.1) is 6.10 Å². The number of piperidine rings is 1. The molecule has 2 fully saturated rings. The molecule has 0 aromatic heterocycles. The molecule has 0 spiro atoms. The molecule has 0 aliphatic carbocycles. The number of amides is 3. The van der Waals surface area contributed by atoms with E-state index in [1.54, 1.807) is 11.9 Å². The predicted molar refractivity (Wildman–Crippen MR) is 75.4 cm³/mol. The second-order valence-corrected chi connectivity index (χ2v) is 5.69. The fraction of sp³-hybridized carbons (Fsp3) is 0.857. The topological polar surface area (TPSA) is 70.7 Å². The van der Waals surface area contributed by atoms with E-state index in [1.807, 2.05) is 0 Å². The maximum absolute atomic E-state index is 12.0. The highest BCUT2D eigenvalue weighted by Crippen LogP contribution is 2.16. The van der Waals surface area contributed by atoms with Crippen LogP contribution in [0.1, 0.15) is 39.0 Å². The summed E-state index contributed by atoms with van der Waals surface area (Å²) in [5.41, 5.74) is 0. The predicted octanol–water partition coefficient (Wildman–Crippen LogP) is 0.864. The van der Waals surface area contributed by atoms with E-state index in [-0.39, 0.29) is 30.1 Å². The summed E-state index contributed by atoms with van der Waals surface area (Å²) in [7, 11) is 1.78. The minimum Gasteiger partial charge on any atom is -0.378 e. The van der Waals surface area contributed by atoms with Gasteiger partial charge >= 0.3 is 6.03 Å². The number of nitrogens with one attached hydrogen (secondary N) is 2. The third-order valence-electron chi connectivity index (χ3n) is 4.12. The van der Waals surface area contributed by atoms with Crippen molar-refractivity contribution in [2.24, 2.45) is 0 Å². The maximum atomic E-state index is 12.0. The summed E-state index contributed by atoms with van der Waals surface area (Å²) in [5.74, 6) is 0.00446. The molecular formula is C14H25N3O3. The number of carbonyl (C=O) groups excluding carboxylic acids is 2. The number of nitrogens with zero attached hydrogens (tertiary/aromatic N) is 1. The van der Waals surface area contributed by atoms with E-state index in [2.05, 4.69) is 17.6 Å². The van der Waals surface area contributed by atoms with Crippen molar-refractivity contribution in [2.45, 2.75) is 57.2 Å². The van der Waals surface area contributed by atoms with E-state index in [1.165, 1.54) is 0 Å². The minimum atomic E-state index is -0.379. The molecule has 2 rings (SSSR count). The van der Waals surface area contributed by atoms with Crippen molar-refractivity contribution >= 4 is 11.9 Å². The van der Waals surface area contributed by atoms with Crippen LogP contribution in [-0.2, 0) is 9.53 Å². The average molecular weight is 283 g/mol. The summed E-state index contributed by atoms with van der Waals surface area (Å²) < 4.78 is 5.59. The van der Waals surface area contributed by atoms with E-state index in [9.17, 15) is 9.59 Å². The van der Waals surface area contributed by atoms with E-state index < -0.39 is 0 Å². The summed E-state index contributed by atoms with van der Waals surface area (Å²) in [6.07, 6.45) is 4.54. The van der Waals surface area contributed by atoms with Gasteiger partial charge in [-0.3, -0.25) is 4.79 Å². The lowest BCUT2D eigenvalue weighted by Crippen LogP contribution is -2.55. The van der Waals surface area contributed by atoms with Gasteiger partial charge in [-0.25, -0.2) is 4.79 Å². The largest absolute Gasteiger partial charge is 0.378 e. The molecule has 2 saturated heterocycles. The third kappa shape index (κ3) is 3.85. The molecule has 3 unspecified atom stereocenters. The Morgan fingerprint density at radius 1 is 1.40 bits per heavy atom. The van der Waals surface area contributed by atoms with Crippen molar-refractivity contribution < 1.29 is 14.3 Å². The van der Waals surface area contributed by atoms with Crippen LogP contribution in [0.4, 0.5) is 4.79 Å². The van der Waals surface area contributed by atoms with Gasteiger partial charge in [-0.05, 0) is 32.1 Å². The normalized spacial score (nSPS) is 31.0. The van der Waals surface area contributed by atoms with Crippen molar-refractivity contribution in [3.63, 3.8) is 0 Å². The minimum absolute atomic E-state index is 0.00446. The maximum Gasteiger partial charge on any atom is 0.315 e.